The molecule has 4 nitrogen and oxygen atoms in total. The van der Waals surface area contributed by atoms with E-state index in [0.29, 0.717) is 6.04 Å². The maximum atomic E-state index is 11.7. The second-order valence-electron chi connectivity index (χ2n) is 4.45. The minimum atomic E-state index is 0.107. The summed E-state index contributed by atoms with van der Waals surface area (Å²) in [4.78, 5) is 13.6. The predicted octanol–water partition coefficient (Wildman–Crippen LogP) is 1.57. The Morgan fingerprint density at radius 1 is 1.19 bits per heavy atom. The summed E-state index contributed by atoms with van der Waals surface area (Å²) in [5.41, 5.74) is 0. The third-order valence-corrected chi connectivity index (χ3v) is 2.99. The van der Waals surface area contributed by atoms with Gasteiger partial charge in [0.15, 0.2) is 0 Å². The molecule has 1 heterocycles. The number of hydrogen-bond acceptors (Lipinski definition) is 2. The molecule has 0 aromatic rings. The van der Waals surface area contributed by atoms with Crippen LogP contribution >= 0.6 is 0 Å². The first-order chi connectivity index (χ1) is 7.77. The van der Waals surface area contributed by atoms with Crippen LogP contribution < -0.4 is 10.6 Å². The van der Waals surface area contributed by atoms with Gasteiger partial charge < -0.3 is 15.5 Å². The standard InChI is InChI=1S/C12H25N3O/c1-3-7-13-11-5-9-15(10-6-11)12(16)14-8-4-2/h11,13H,3-10H2,1-2H3,(H,14,16). The Morgan fingerprint density at radius 2 is 1.81 bits per heavy atom. The van der Waals surface area contributed by atoms with Gasteiger partial charge in [0.1, 0.15) is 0 Å². The summed E-state index contributed by atoms with van der Waals surface area (Å²) in [6.45, 7) is 7.90. The molecule has 1 rings (SSSR count). The van der Waals surface area contributed by atoms with Crippen LogP contribution in [0.2, 0.25) is 0 Å². The summed E-state index contributed by atoms with van der Waals surface area (Å²) in [5, 5.41) is 6.44. The summed E-state index contributed by atoms with van der Waals surface area (Å²) in [6, 6.07) is 0.714. The van der Waals surface area contributed by atoms with Crippen LogP contribution in [0.4, 0.5) is 4.79 Å². The zero-order valence-corrected chi connectivity index (χ0v) is 10.6. The maximum Gasteiger partial charge on any atom is 0.317 e. The van der Waals surface area contributed by atoms with Crippen molar-refractivity contribution in [3.8, 4) is 0 Å². The molecule has 0 bridgehead atoms. The van der Waals surface area contributed by atoms with Gasteiger partial charge >= 0.3 is 6.03 Å². The highest BCUT2D eigenvalue weighted by Crippen LogP contribution is 2.10. The Kier molecular flexibility index (Phi) is 6.23. The summed E-state index contributed by atoms with van der Waals surface area (Å²) < 4.78 is 0. The summed E-state index contributed by atoms with van der Waals surface area (Å²) in [5.74, 6) is 0. The SMILES string of the molecule is CCCNC(=O)N1CCC(NCCC)CC1. The van der Waals surface area contributed by atoms with Gasteiger partial charge in [-0.15, -0.1) is 0 Å². The molecule has 0 aromatic carbocycles. The molecule has 94 valence electrons. The van der Waals surface area contributed by atoms with Crippen molar-refractivity contribution in [2.75, 3.05) is 26.2 Å². The Morgan fingerprint density at radius 3 is 2.38 bits per heavy atom. The van der Waals surface area contributed by atoms with Gasteiger partial charge in [0.25, 0.3) is 0 Å². The lowest BCUT2D eigenvalue weighted by Crippen LogP contribution is -2.48. The Labute approximate surface area is 98.8 Å². The van der Waals surface area contributed by atoms with Gasteiger partial charge in [-0.1, -0.05) is 13.8 Å². The molecule has 2 N–H and O–H groups in total. The lowest BCUT2D eigenvalue weighted by atomic mass is 10.1. The smallest absolute Gasteiger partial charge is 0.317 e. The van der Waals surface area contributed by atoms with Gasteiger partial charge in [-0.05, 0) is 32.2 Å². The quantitative estimate of drug-likeness (QED) is 0.749. The fourth-order valence-electron chi connectivity index (χ4n) is 1.98. The molecule has 0 unspecified atom stereocenters. The fourth-order valence-corrected chi connectivity index (χ4v) is 1.98. The van der Waals surface area contributed by atoms with Crippen LogP contribution in [0.25, 0.3) is 0 Å². The average Bonchev–Trinajstić information content (AvgIpc) is 2.34. The van der Waals surface area contributed by atoms with Crippen molar-refractivity contribution < 1.29 is 4.79 Å². The zero-order chi connectivity index (χ0) is 11.8. The van der Waals surface area contributed by atoms with E-state index in [1.165, 1.54) is 6.42 Å². The minimum absolute atomic E-state index is 0.107. The molecule has 1 aliphatic heterocycles. The van der Waals surface area contributed by atoms with Gasteiger partial charge in [0.2, 0.25) is 0 Å². The van der Waals surface area contributed by atoms with Gasteiger partial charge in [0, 0.05) is 25.7 Å². The highest BCUT2D eigenvalue weighted by Gasteiger charge is 2.21. The van der Waals surface area contributed by atoms with E-state index in [-0.39, 0.29) is 6.03 Å². The fraction of sp³-hybridized carbons (Fsp3) is 0.917. The monoisotopic (exact) mass is 227 g/mol. The van der Waals surface area contributed by atoms with Crippen molar-refractivity contribution in [2.24, 2.45) is 0 Å². The van der Waals surface area contributed by atoms with Gasteiger partial charge in [0.05, 0.1) is 0 Å². The first-order valence-electron chi connectivity index (χ1n) is 6.54. The molecule has 0 atom stereocenters. The minimum Gasteiger partial charge on any atom is -0.338 e. The summed E-state index contributed by atoms with van der Waals surface area (Å²) in [6.07, 6.45) is 4.34. The van der Waals surface area contributed by atoms with Gasteiger partial charge in [-0.2, -0.15) is 0 Å². The Hall–Kier alpha value is -0.770. The van der Waals surface area contributed by atoms with Crippen LogP contribution in [-0.2, 0) is 0 Å². The number of urea groups is 1. The van der Waals surface area contributed by atoms with E-state index in [4.69, 9.17) is 0 Å². The van der Waals surface area contributed by atoms with Crippen LogP contribution in [0.3, 0.4) is 0 Å². The van der Waals surface area contributed by atoms with Crippen molar-refractivity contribution >= 4 is 6.03 Å². The van der Waals surface area contributed by atoms with Gasteiger partial charge in [-0.3, -0.25) is 0 Å². The largest absolute Gasteiger partial charge is 0.338 e. The molecule has 1 saturated heterocycles. The predicted molar refractivity (Wildman–Crippen MR) is 66.6 cm³/mol. The normalized spacial score (nSPS) is 17.5. The van der Waals surface area contributed by atoms with Crippen LogP contribution in [0.5, 0.6) is 0 Å². The van der Waals surface area contributed by atoms with Crippen LogP contribution in [-0.4, -0.2) is 43.2 Å². The number of nitrogens with one attached hydrogen (secondary N) is 2. The maximum absolute atomic E-state index is 11.7. The summed E-state index contributed by atoms with van der Waals surface area (Å²) in [7, 11) is 0. The highest BCUT2D eigenvalue weighted by molar-refractivity contribution is 5.74. The molecule has 1 fully saturated rings. The van der Waals surface area contributed by atoms with Gasteiger partial charge in [-0.25, -0.2) is 4.79 Å². The Balaban J connectivity index is 2.18. The molecular weight excluding hydrogens is 202 g/mol. The number of carbonyl (C=O) groups excluding carboxylic acids is 1. The lowest BCUT2D eigenvalue weighted by Gasteiger charge is -2.32. The third-order valence-electron chi connectivity index (χ3n) is 2.99. The number of hydrogen-bond donors (Lipinski definition) is 2. The van der Waals surface area contributed by atoms with Crippen molar-refractivity contribution in [3.05, 3.63) is 0 Å². The first-order valence-corrected chi connectivity index (χ1v) is 6.54. The zero-order valence-electron chi connectivity index (χ0n) is 10.6. The molecule has 0 radical (unpaired) electrons. The van der Waals surface area contributed by atoms with E-state index in [0.717, 1.165) is 45.4 Å². The van der Waals surface area contributed by atoms with Crippen LogP contribution in [0.15, 0.2) is 0 Å². The average molecular weight is 227 g/mol. The number of carbonyl (C=O) groups is 1. The first kappa shape index (κ1) is 13.3. The van der Waals surface area contributed by atoms with E-state index in [2.05, 4.69) is 24.5 Å². The number of amides is 2. The topological polar surface area (TPSA) is 44.4 Å². The van der Waals surface area contributed by atoms with Crippen molar-refractivity contribution in [3.63, 3.8) is 0 Å². The second kappa shape index (κ2) is 7.49. The van der Waals surface area contributed by atoms with E-state index in [1.807, 2.05) is 4.90 Å². The third kappa shape index (κ3) is 4.39. The van der Waals surface area contributed by atoms with Crippen LogP contribution in [0.1, 0.15) is 39.5 Å². The number of piperidine rings is 1. The highest BCUT2D eigenvalue weighted by atomic mass is 16.2. The lowest BCUT2D eigenvalue weighted by molar-refractivity contribution is 0.176. The molecule has 16 heavy (non-hydrogen) atoms. The molecule has 1 aliphatic rings. The molecule has 0 spiro atoms. The number of nitrogens with zero attached hydrogens (tertiary/aromatic N) is 1. The molecule has 2 amide bonds. The van der Waals surface area contributed by atoms with E-state index >= 15 is 0 Å². The van der Waals surface area contributed by atoms with E-state index < -0.39 is 0 Å². The molecule has 0 aliphatic carbocycles. The van der Waals surface area contributed by atoms with E-state index in [9.17, 15) is 4.79 Å². The van der Waals surface area contributed by atoms with Crippen molar-refractivity contribution in [1.29, 1.82) is 0 Å². The molecule has 4 heteroatoms. The molecule has 0 saturated carbocycles. The van der Waals surface area contributed by atoms with Crippen molar-refractivity contribution in [2.45, 2.75) is 45.6 Å². The summed E-state index contributed by atoms with van der Waals surface area (Å²) >= 11 is 0. The van der Waals surface area contributed by atoms with Crippen molar-refractivity contribution in [1.82, 2.24) is 15.5 Å². The molecule has 0 aromatic heterocycles. The molecular formula is C12H25N3O. The van der Waals surface area contributed by atoms with Crippen LogP contribution in [0, 0.1) is 0 Å². The number of rotatable bonds is 5. The second-order valence-corrected chi connectivity index (χ2v) is 4.45. The Bertz CT molecular complexity index is 200. The van der Waals surface area contributed by atoms with E-state index in [1.54, 1.807) is 0 Å². The number of likely N-dealkylation sites (tertiary alicyclic amines) is 1.